The Morgan fingerprint density at radius 1 is 1.33 bits per heavy atom. The van der Waals surface area contributed by atoms with Crippen molar-refractivity contribution >= 4 is 11.9 Å². The number of esters is 1. The quantitative estimate of drug-likeness (QED) is 0.844. The zero-order valence-electron chi connectivity index (χ0n) is 12.6. The van der Waals surface area contributed by atoms with Crippen molar-refractivity contribution in [2.75, 3.05) is 20.2 Å². The van der Waals surface area contributed by atoms with E-state index in [2.05, 4.69) is 28.4 Å². The number of aryl methyl sites for hydroxylation is 1. The summed E-state index contributed by atoms with van der Waals surface area (Å²) >= 11 is 0. The molecule has 0 aromatic heterocycles. The van der Waals surface area contributed by atoms with Crippen LogP contribution in [0.5, 0.6) is 0 Å². The lowest BCUT2D eigenvalue weighted by Crippen LogP contribution is -2.48. The van der Waals surface area contributed by atoms with Gasteiger partial charge in [0.15, 0.2) is 0 Å². The number of methoxy groups -OCH3 is 1. The van der Waals surface area contributed by atoms with Crippen LogP contribution in [0.3, 0.4) is 0 Å². The number of nitrogens with zero attached hydrogens (tertiary/aromatic N) is 1. The van der Waals surface area contributed by atoms with Crippen molar-refractivity contribution < 1.29 is 14.3 Å². The summed E-state index contributed by atoms with van der Waals surface area (Å²) < 4.78 is 4.78. The summed E-state index contributed by atoms with van der Waals surface area (Å²) in [7, 11) is 1.34. The van der Waals surface area contributed by atoms with Gasteiger partial charge in [-0.05, 0) is 30.5 Å². The van der Waals surface area contributed by atoms with Crippen molar-refractivity contribution in [3.63, 3.8) is 0 Å². The number of benzene rings is 1. The Balaban J connectivity index is 2.06. The summed E-state index contributed by atoms with van der Waals surface area (Å²) in [4.78, 5) is 25.2. The highest BCUT2D eigenvalue weighted by Gasteiger charge is 2.24. The van der Waals surface area contributed by atoms with Crippen LogP contribution in [0.15, 0.2) is 24.3 Å². The Kier molecular flexibility index (Phi) is 5.33. The molecule has 0 radical (unpaired) electrons. The summed E-state index contributed by atoms with van der Waals surface area (Å²) in [6.07, 6.45) is 2.10. The van der Waals surface area contributed by atoms with Crippen molar-refractivity contribution in [2.45, 2.75) is 32.4 Å². The predicted molar refractivity (Wildman–Crippen MR) is 79.7 cm³/mol. The second kappa shape index (κ2) is 7.22. The highest BCUT2D eigenvalue weighted by Crippen LogP contribution is 2.18. The van der Waals surface area contributed by atoms with Crippen LogP contribution >= 0.6 is 0 Å². The van der Waals surface area contributed by atoms with E-state index in [1.807, 2.05) is 6.07 Å². The van der Waals surface area contributed by atoms with Gasteiger partial charge in [0.1, 0.15) is 6.04 Å². The maximum Gasteiger partial charge on any atom is 0.329 e. The van der Waals surface area contributed by atoms with Gasteiger partial charge in [0.2, 0.25) is 5.91 Å². The second-order valence-corrected chi connectivity index (χ2v) is 5.38. The third-order valence-electron chi connectivity index (χ3n) is 3.74. The molecule has 1 N–H and O–H groups in total. The molecule has 1 heterocycles. The van der Waals surface area contributed by atoms with Gasteiger partial charge in [-0.3, -0.25) is 9.69 Å². The average molecular weight is 290 g/mol. The molecule has 1 aliphatic heterocycles. The van der Waals surface area contributed by atoms with Crippen LogP contribution in [0.25, 0.3) is 0 Å². The number of amides is 1. The Hall–Kier alpha value is -1.88. The van der Waals surface area contributed by atoms with Crippen LogP contribution in [-0.4, -0.2) is 43.0 Å². The SMILES string of the molecule is COC(=O)C(CN1CCCc2ccccc2C1)NC(C)=O. The summed E-state index contributed by atoms with van der Waals surface area (Å²) in [6, 6.07) is 7.76. The van der Waals surface area contributed by atoms with E-state index in [0.717, 1.165) is 25.9 Å². The van der Waals surface area contributed by atoms with E-state index in [0.29, 0.717) is 6.54 Å². The first-order chi connectivity index (χ1) is 10.1. The number of rotatable bonds is 4. The Labute approximate surface area is 125 Å². The Morgan fingerprint density at radius 2 is 2.05 bits per heavy atom. The van der Waals surface area contributed by atoms with E-state index in [1.54, 1.807) is 0 Å². The number of fused-ring (bicyclic) bond motifs is 1. The van der Waals surface area contributed by atoms with Crippen LogP contribution in [0.1, 0.15) is 24.5 Å². The molecule has 1 aromatic carbocycles. The van der Waals surface area contributed by atoms with Gasteiger partial charge in [0.25, 0.3) is 0 Å². The molecule has 2 rings (SSSR count). The van der Waals surface area contributed by atoms with E-state index in [4.69, 9.17) is 4.74 Å². The summed E-state index contributed by atoms with van der Waals surface area (Å²) in [6.45, 7) is 3.58. The lowest BCUT2D eigenvalue weighted by atomic mass is 10.0. The number of hydrogen-bond acceptors (Lipinski definition) is 4. The van der Waals surface area contributed by atoms with Gasteiger partial charge in [-0.15, -0.1) is 0 Å². The van der Waals surface area contributed by atoms with E-state index in [9.17, 15) is 9.59 Å². The van der Waals surface area contributed by atoms with Crippen molar-refractivity contribution in [2.24, 2.45) is 0 Å². The van der Waals surface area contributed by atoms with E-state index in [1.165, 1.54) is 25.2 Å². The molecular weight excluding hydrogens is 268 g/mol. The van der Waals surface area contributed by atoms with Gasteiger partial charge < -0.3 is 10.1 Å². The molecule has 0 saturated heterocycles. The number of carbonyl (C=O) groups is 2. The molecule has 0 fully saturated rings. The molecule has 1 amide bonds. The highest BCUT2D eigenvalue weighted by atomic mass is 16.5. The molecule has 0 saturated carbocycles. The first-order valence-corrected chi connectivity index (χ1v) is 7.24. The number of nitrogens with one attached hydrogen (secondary N) is 1. The zero-order valence-corrected chi connectivity index (χ0v) is 12.6. The second-order valence-electron chi connectivity index (χ2n) is 5.38. The third kappa shape index (κ3) is 4.29. The van der Waals surface area contributed by atoms with Crippen LogP contribution < -0.4 is 5.32 Å². The fourth-order valence-corrected chi connectivity index (χ4v) is 2.75. The van der Waals surface area contributed by atoms with Crippen molar-refractivity contribution in [3.8, 4) is 0 Å². The molecule has 1 aliphatic rings. The summed E-state index contributed by atoms with van der Waals surface area (Å²) in [5, 5.41) is 2.67. The molecule has 5 heteroatoms. The molecule has 114 valence electrons. The fraction of sp³-hybridized carbons (Fsp3) is 0.500. The first kappa shape index (κ1) is 15.5. The minimum Gasteiger partial charge on any atom is -0.467 e. The number of carbonyl (C=O) groups excluding carboxylic acids is 2. The smallest absolute Gasteiger partial charge is 0.329 e. The van der Waals surface area contributed by atoms with Gasteiger partial charge in [-0.2, -0.15) is 0 Å². The number of hydrogen-bond donors (Lipinski definition) is 1. The third-order valence-corrected chi connectivity index (χ3v) is 3.74. The molecule has 0 aliphatic carbocycles. The van der Waals surface area contributed by atoms with Crippen molar-refractivity contribution in [3.05, 3.63) is 35.4 Å². The van der Waals surface area contributed by atoms with Gasteiger partial charge in [-0.25, -0.2) is 4.79 Å². The molecule has 21 heavy (non-hydrogen) atoms. The Morgan fingerprint density at radius 3 is 2.71 bits per heavy atom. The van der Waals surface area contributed by atoms with E-state index >= 15 is 0 Å². The topological polar surface area (TPSA) is 58.6 Å². The van der Waals surface area contributed by atoms with Crippen LogP contribution in [0.2, 0.25) is 0 Å². The predicted octanol–water partition coefficient (Wildman–Crippen LogP) is 1.11. The lowest BCUT2D eigenvalue weighted by molar-refractivity contribution is -0.145. The van der Waals surface area contributed by atoms with Crippen molar-refractivity contribution in [1.82, 2.24) is 10.2 Å². The van der Waals surface area contributed by atoms with Crippen LogP contribution in [0, 0.1) is 0 Å². The maximum atomic E-state index is 11.8. The largest absolute Gasteiger partial charge is 0.467 e. The summed E-state index contributed by atoms with van der Waals surface area (Å²) in [5.74, 6) is -0.622. The Bertz CT molecular complexity index is 516. The molecular formula is C16H22N2O3. The number of ether oxygens (including phenoxy) is 1. The molecule has 1 atom stereocenters. The average Bonchev–Trinajstić information content (AvgIpc) is 2.66. The molecule has 5 nitrogen and oxygen atoms in total. The van der Waals surface area contributed by atoms with E-state index in [-0.39, 0.29) is 5.91 Å². The minimum absolute atomic E-state index is 0.222. The molecule has 0 bridgehead atoms. The molecule has 1 unspecified atom stereocenters. The van der Waals surface area contributed by atoms with Gasteiger partial charge in [-0.1, -0.05) is 24.3 Å². The first-order valence-electron chi connectivity index (χ1n) is 7.24. The normalized spacial score (nSPS) is 16.5. The monoisotopic (exact) mass is 290 g/mol. The van der Waals surface area contributed by atoms with E-state index < -0.39 is 12.0 Å². The fourth-order valence-electron chi connectivity index (χ4n) is 2.75. The van der Waals surface area contributed by atoms with Gasteiger partial charge in [0.05, 0.1) is 7.11 Å². The standard InChI is InChI=1S/C16H22N2O3/c1-12(19)17-15(16(20)21-2)11-18-9-5-8-13-6-3-4-7-14(13)10-18/h3-4,6-7,15H,5,8-11H2,1-2H3,(H,17,19). The molecule has 0 spiro atoms. The molecule has 1 aromatic rings. The lowest BCUT2D eigenvalue weighted by Gasteiger charge is -2.25. The highest BCUT2D eigenvalue weighted by molar-refractivity contribution is 5.83. The van der Waals surface area contributed by atoms with Gasteiger partial charge in [0, 0.05) is 20.0 Å². The zero-order chi connectivity index (χ0) is 15.2. The minimum atomic E-state index is -0.613. The van der Waals surface area contributed by atoms with Crippen molar-refractivity contribution in [1.29, 1.82) is 0 Å². The maximum absolute atomic E-state index is 11.8. The van der Waals surface area contributed by atoms with Crippen LogP contribution in [0.4, 0.5) is 0 Å². The van der Waals surface area contributed by atoms with Gasteiger partial charge >= 0.3 is 5.97 Å². The summed E-state index contributed by atoms with van der Waals surface area (Å²) in [5.41, 5.74) is 2.66. The van der Waals surface area contributed by atoms with Crippen LogP contribution in [-0.2, 0) is 27.3 Å².